The van der Waals surface area contributed by atoms with Gasteiger partial charge in [-0.05, 0) is 18.2 Å². The van der Waals surface area contributed by atoms with Gasteiger partial charge in [-0.15, -0.1) is 0 Å². The number of hydrogen-bond donors (Lipinski definition) is 3. The molecule has 0 bridgehead atoms. The van der Waals surface area contributed by atoms with E-state index >= 15 is 0 Å². The molecular weight excluding hydrogens is 263 g/mol. The van der Waals surface area contributed by atoms with Crippen LogP contribution in [0.25, 0.3) is 0 Å². The van der Waals surface area contributed by atoms with E-state index in [4.69, 9.17) is 5.11 Å². The van der Waals surface area contributed by atoms with Crippen LogP contribution in [0.2, 0.25) is 0 Å². The van der Waals surface area contributed by atoms with E-state index in [2.05, 4.69) is 22.5 Å². The molecule has 0 aliphatic rings. The molecule has 0 saturated heterocycles. The Morgan fingerprint density at radius 3 is 2.80 bits per heavy atom. The molecule has 3 N–H and O–H groups in total. The van der Waals surface area contributed by atoms with E-state index in [1.165, 1.54) is 25.1 Å². The second-order valence-electron chi connectivity index (χ2n) is 3.92. The number of aliphatic hydroxyl groups excluding tert-OH is 1. The second-order valence-corrected chi connectivity index (χ2v) is 3.92. The van der Waals surface area contributed by atoms with Gasteiger partial charge in [0.05, 0.1) is 24.4 Å². The van der Waals surface area contributed by atoms with Crippen LogP contribution in [0, 0.1) is 17.7 Å². The first-order valence-corrected chi connectivity index (χ1v) is 5.96. The third-order valence-electron chi connectivity index (χ3n) is 2.21. The molecule has 1 aromatic rings. The number of rotatable bonds is 4. The number of carbonyl (C=O) groups is 2. The van der Waals surface area contributed by atoms with E-state index < -0.39 is 11.7 Å². The lowest BCUT2D eigenvalue weighted by Crippen LogP contribution is -2.31. The average Bonchev–Trinajstić information content (AvgIpc) is 2.39. The molecule has 0 fully saturated rings. The van der Waals surface area contributed by atoms with Crippen LogP contribution in [-0.2, 0) is 9.59 Å². The molecule has 0 aromatic heterocycles. The molecule has 106 valence electrons. The van der Waals surface area contributed by atoms with Crippen molar-refractivity contribution < 1.29 is 19.1 Å². The Hall–Kier alpha value is -2.39. The lowest BCUT2D eigenvalue weighted by atomic mass is 10.1. The van der Waals surface area contributed by atoms with Crippen LogP contribution in [0.3, 0.4) is 0 Å². The van der Waals surface area contributed by atoms with Gasteiger partial charge in [-0.25, -0.2) is 4.39 Å². The number of benzene rings is 1. The van der Waals surface area contributed by atoms with Crippen molar-refractivity contribution in [3.63, 3.8) is 0 Å². The first kappa shape index (κ1) is 15.7. The van der Waals surface area contributed by atoms with Crippen molar-refractivity contribution in [3.8, 4) is 11.8 Å². The van der Waals surface area contributed by atoms with Crippen LogP contribution in [-0.4, -0.2) is 30.1 Å². The largest absolute Gasteiger partial charge is 0.395 e. The van der Waals surface area contributed by atoms with Crippen molar-refractivity contribution in [1.29, 1.82) is 0 Å². The minimum atomic E-state index is -0.474. The minimum Gasteiger partial charge on any atom is -0.395 e. The molecule has 0 aliphatic carbocycles. The standard InChI is InChI=1S/C14H15FN2O3/c1-10(19)16-9-14(20)17-13-6-5-12(15)8-11(13)4-2-3-7-18/h5-6,8,18H,3,7,9H2,1H3,(H,16,19)(H,17,20). The third-order valence-corrected chi connectivity index (χ3v) is 2.21. The highest BCUT2D eigenvalue weighted by Crippen LogP contribution is 2.15. The molecule has 0 unspecified atom stereocenters. The predicted molar refractivity (Wildman–Crippen MR) is 72.3 cm³/mol. The molecule has 0 radical (unpaired) electrons. The smallest absolute Gasteiger partial charge is 0.243 e. The Balaban J connectivity index is 2.81. The Bertz CT molecular complexity index is 561. The van der Waals surface area contributed by atoms with Crippen molar-refractivity contribution in [2.24, 2.45) is 0 Å². The maximum absolute atomic E-state index is 13.2. The maximum Gasteiger partial charge on any atom is 0.243 e. The zero-order valence-electron chi connectivity index (χ0n) is 11.0. The summed E-state index contributed by atoms with van der Waals surface area (Å²) in [5, 5.41) is 13.5. The van der Waals surface area contributed by atoms with Crippen molar-refractivity contribution >= 4 is 17.5 Å². The highest BCUT2D eigenvalue weighted by Gasteiger charge is 2.07. The van der Waals surface area contributed by atoms with Crippen molar-refractivity contribution in [2.45, 2.75) is 13.3 Å². The molecule has 0 atom stereocenters. The minimum absolute atomic E-state index is 0.0907. The fourth-order valence-corrected chi connectivity index (χ4v) is 1.34. The van der Waals surface area contributed by atoms with Gasteiger partial charge in [0.1, 0.15) is 5.82 Å². The van der Waals surface area contributed by atoms with E-state index in [1.807, 2.05) is 0 Å². The van der Waals surface area contributed by atoms with E-state index in [-0.39, 0.29) is 25.5 Å². The van der Waals surface area contributed by atoms with Gasteiger partial charge in [0.2, 0.25) is 11.8 Å². The van der Waals surface area contributed by atoms with Gasteiger partial charge in [0, 0.05) is 13.3 Å². The molecule has 1 aromatic carbocycles. The summed E-state index contributed by atoms with van der Waals surface area (Å²) in [5.74, 6) is 4.10. The Labute approximate surface area is 116 Å². The fraction of sp³-hybridized carbons (Fsp3) is 0.286. The molecule has 1 rings (SSSR count). The number of anilines is 1. The third kappa shape index (κ3) is 5.50. The number of halogens is 1. The summed E-state index contributed by atoms with van der Waals surface area (Å²) in [6.07, 6.45) is 0.260. The highest BCUT2D eigenvalue weighted by atomic mass is 19.1. The molecular formula is C14H15FN2O3. The molecule has 20 heavy (non-hydrogen) atoms. The van der Waals surface area contributed by atoms with Gasteiger partial charge in [-0.2, -0.15) is 0 Å². The zero-order chi connectivity index (χ0) is 15.0. The van der Waals surface area contributed by atoms with E-state index in [1.54, 1.807) is 0 Å². The summed E-state index contributed by atoms with van der Waals surface area (Å²) in [5.41, 5.74) is 0.668. The quantitative estimate of drug-likeness (QED) is 0.707. The number of nitrogens with one attached hydrogen (secondary N) is 2. The lowest BCUT2D eigenvalue weighted by Gasteiger charge is -2.08. The number of hydrogen-bond acceptors (Lipinski definition) is 3. The Morgan fingerprint density at radius 2 is 2.15 bits per heavy atom. The van der Waals surface area contributed by atoms with Gasteiger partial charge in [-0.1, -0.05) is 11.8 Å². The molecule has 0 aliphatic heterocycles. The second kappa shape index (κ2) is 7.92. The van der Waals surface area contributed by atoms with E-state index in [0.29, 0.717) is 11.3 Å². The van der Waals surface area contributed by atoms with Crippen LogP contribution < -0.4 is 10.6 Å². The van der Waals surface area contributed by atoms with Gasteiger partial charge in [0.15, 0.2) is 0 Å². The summed E-state index contributed by atoms with van der Waals surface area (Å²) in [4.78, 5) is 22.3. The summed E-state index contributed by atoms with van der Waals surface area (Å²) in [7, 11) is 0. The molecule has 6 heteroatoms. The number of amides is 2. The normalized spacial score (nSPS) is 9.35. The van der Waals surface area contributed by atoms with E-state index in [9.17, 15) is 14.0 Å². The summed E-state index contributed by atoms with van der Waals surface area (Å²) >= 11 is 0. The van der Waals surface area contributed by atoms with Gasteiger partial charge in [-0.3, -0.25) is 9.59 Å². The molecule has 0 saturated carbocycles. The SMILES string of the molecule is CC(=O)NCC(=O)Nc1ccc(F)cc1C#CCCO. The van der Waals surface area contributed by atoms with Crippen LogP contribution in [0.15, 0.2) is 18.2 Å². The van der Waals surface area contributed by atoms with E-state index in [0.717, 1.165) is 0 Å². The topological polar surface area (TPSA) is 78.4 Å². The van der Waals surface area contributed by atoms with Gasteiger partial charge < -0.3 is 15.7 Å². The fourth-order valence-electron chi connectivity index (χ4n) is 1.34. The zero-order valence-corrected chi connectivity index (χ0v) is 11.0. The van der Waals surface area contributed by atoms with Gasteiger partial charge in [0.25, 0.3) is 0 Å². The summed E-state index contributed by atoms with van der Waals surface area (Å²) < 4.78 is 13.2. The Kier molecular flexibility index (Phi) is 6.20. The summed E-state index contributed by atoms with van der Waals surface area (Å²) in [6.45, 7) is 1.04. The summed E-state index contributed by atoms with van der Waals surface area (Å²) in [6, 6.07) is 3.79. The van der Waals surface area contributed by atoms with Crippen LogP contribution in [0.1, 0.15) is 18.9 Å². The first-order valence-electron chi connectivity index (χ1n) is 5.96. The van der Waals surface area contributed by atoms with Crippen LogP contribution in [0.4, 0.5) is 10.1 Å². The molecule has 2 amide bonds. The first-order chi connectivity index (χ1) is 9.52. The lowest BCUT2D eigenvalue weighted by molar-refractivity contribution is -0.122. The average molecular weight is 278 g/mol. The number of aliphatic hydroxyl groups is 1. The van der Waals surface area contributed by atoms with Crippen LogP contribution in [0.5, 0.6) is 0 Å². The molecule has 5 nitrogen and oxygen atoms in total. The monoisotopic (exact) mass is 278 g/mol. The Morgan fingerprint density at radius 1 is 1.40 bits per heavy atom. The van der Waals surface area contributed by atoms with Crippen molar-refractivity contribution in [1.82, 2.24) is 5.32 Å². The molecule has 0 heterocycles. The molecule has 0 spiro atoms. The van der Waals surface area contributed by atoms with Crippen molar-refractivity contribution in [3.05, 3.63) is 29.6 Å². The predicted octanol–water partition coefficient (Wildman–Crippen LogP) is 0.634. The van der Waals surface area contributed by atoms with Crippen molar-refractivity contribution in [2.75, 3.05) is 18.5 Å². The highest BCUT2D eigenvalue weighted by molar-refractivity contribution is 5.95. The van der Waals surface area contributed by atoms with Gasteiger partial charge >= 0.3 is 0 Å². The maximum atomic E-state index is 13.2. The number of carbonyl (C=O) groups excluding carboxylic acids is 2. The van der Waals surface area contributed by atoms with Crippen LogP contribution >= 0.6 is 0 Å².